The molecule has 240 valence electrons. The molecule has 0 bridgehead atoms. The number of ether oxygens (including phenoxy) is 2. The maximum absolute atomic E-state index is 15.4. The number of para-hydroxylation sites is 1. The minimum Gasteiger partial charge on any atom is -0.493 e. The average molecular weight is 654 g/mol. The molecule has 3 heterocycles. The van der Waals surface area contributed by atoms with Gasteiger partial charge in [0.15, 0.2) is 21.4 Å². The number of H-pyrrole nitrogens is 2. The van der Waals surface area contributed by atoms with E-state index in [1.807, 2.05) is 25.1 Å². The highest BCUT2D eigenvalue weighted by molar-refractivity contribution is 7.92. The number of sulfone groups is 1. The number of hydrogen-bond acceptors (Lipinski definition) is 6. The summed E-state index contributed by atoms with van der Waals surface area (Å²) in [5.74, 6) is -4.68. The van der Waals surface area contributed by atoms with Gasteiger partial charge in [-0.2, -0.15) is 4.39 Å². The molecule has 3 N–H and O–H groups in total. The summed E-state index contributed by atoms with van der Waals surface area (Å²) >= 11 is 0. The smallest absolute Gasteiger partial charge is 0.303 e. The Kier molecular flexibility index (Phi) is 7.83. The van der Waals surface area contributed by atoms with Crippen LogP contribution in [0.5, 0.6) is 17.2 Å². The number of carbonyl (C=O) groups is 1. The number of hydrogen-bond donors (Lipinski definition) is 3. The van der Waals surface area contributed by atoms with E-state index < -0.39 is 54.6 Å². The number of imidazole rings is 1. The minimum atomic E-state index is -4.17. The van der Waals surface area contributed by atoms with E-state index in [-0.39, 0.29) is 34.5 Å². The number of carboxylic acid groups (broad SMARTS) is 1. The third kappa shape index (κ3) is 5.17. The van der Waals surface area contributed by atoms with Crippen LogP contribution in [0.2, 0.25) is 0 Å². The van der Waals surface area contributed by atoms with Crippen LogP contribution in [-0.2, 0) is 26.5 Å². The van der Waals surface area contributed by atoms with Gasteiger partial charge in [-0.3, -0.25) is 4.79 Å². The minimum absolute atomic E-state index is 0.0493. The Hall–Kier alpha value is -4.78. The van der Waals surface area contributed by atoms with Crippen molar-refractivity contribution in [3.63, 3.8) is 0 Å². The molecule has 0 amide bonds. The first-order valence-electron chi connectivity index (χ1n) is 14.6. The Morgan fingerprint density at radius 3 is 2.65 bits per heavy atom. The van der Waals surface area contributed by atoms with E-state index in [1.54, 1.807) is 6.20 Å². The number of carboxylic acids is 1. The highest BCUT2D eigenvalue weighted by Gasteiger charge is 2.38. The lowest BCUT2D eigenvalue weighted by Gasteiger charge is -2.35. The van der Waals surface area contributed by atoms with Gasteiger partial charge in [-0.15, -0.1) is 0 Å². The summed E-state index contributed by atoms with van der Waals surface area (Å²) in [6.45, 7) is 5.15. The third-order valence-electron chi connectivity index (χ3n) is 8.42. The molecule has 3 aromatic carbocycles. The van der Waals surface area contributed by atoms with E-state index in [0.717, 1.165) is 17.2 Å². The normalized spacial score (nSPS) is 16.4. The molecule has 0 unspecified atom stereocenters. The van der Waals surface area contributed by atoms with E-state index in [9.17, 15) is 13.2 Å². The van der Waals surface area contributed by atoms with Crippen molar-refractivity contribution in [3.8, 4) is 28.6 Å². The van der Waals surface area contributed by atoms with Gasteiger partial charge in [-0.1, -0.05) is 18.2 Å². The lowest BCUT2D eigenvalue weighted by molar-refractivity contribution is -0.136. The molecule has 0 radical (unpaired) electrons. The monoisotopic (exact) mass is 653 g/mol. The number of aromatic amines is 2. The van der Waals surface area contributed by atoms with E-state index in [1.165, 1.54) is 38.2 Å². The number of rotatable bonds is 9. The number of fused-ring (bicyclic) bond motifs is 2. The number of nitrogens with zero attached hydrogens (tertiary/aromatic N) is 1. The Morgan fingerprint density at radius 2 is 1.91 bits per heavy atom. The van der Waals surface area contributed by atoms with E-state index in [0.29, 0.717) is 30.9 Å². The van der Waals surface area contributed by atoms with Crippen molar-refractivity contribution in [1.82, 2.24) is 15.0 Å². The van der Waals surface area contributed by atoms with Gasteiger partial charge in [-0.25, -0.2) is 22.2 Å². The first-order valence-corrected chi connectivity index (χ1v) is 16.1. The van der Waals surface area contributed by atoms with Gasteiger partial charge in [-0.05, 0) is 63.4 Å². The lowest BCUT2D eigenvalue weighted by atomic mass is 9.74. The second-order valence-corrected chi connectivity index (χ2v) is 14.1. The van der Waals surface area contributed by atoms with Gasteiger partial charge in [0.1, 0.15) is 28.0 Å². The molecule has 0 fully saturated rings. The zero-order chi connectivity index (χ0) is 33.0. The molecule has 1 aliphatic rings. The van der Waals surface area contributed by atoms with Gasteiger partial charge in [0.25, 0.3) is 0 Å². The Balaban J connectivity index is 1.39. The zero-order valence-corrected chi connectivity index (χ0v) is 25.9. The highest BCUT2D eigenvalue weighted by Crippen LogP contribution is 2.46. The van der Waals surface area contributed by atoms with Crippen LogP contribution < -0.4 is 9.47 Å². The molecule has 2 aromatic heterocycles. The first-order chi connectivity index (χ1) is 21.8. The van der Waals surface area contributed by atoms with Crippen LogP contribution in [0.3, 0.4) is 0 Å². The molecule has 0 aliphatic carbocycles. The van der Waals surface area contributed by atoms with Gasteiger partial charge >= 0.3 is 5.97 Å². The topological polar surface area (TPSA) is 134 Å². The summed E-state index contributed by atoms with van der Waals surface area (Å²) in [5, 5.41) is 8.12. The molecule has 6 rings (SSSR count). The average Bonchev–Trinajstić information content (AvgIpc) is 3.71. The third-order valence-corrected chi connectivity index (χ3v) is 10.6. The first kappa shape index (κ1) is 31.2. The van der Waals surface area contributed by atoms with Crippen LogP contribution in [0.25, 0.3) is 22.3 Å². The molecular weight excluding hydrogens is 623 g/mol. The van der Waals surface area contributed by atoms with Crippen molar-refractivity contribution in [2.24, 2.45) is 0 Å². The Morgan fingerprint density at radius 1 is 1.13 bits per heavy atom. The molecule has 1 aliphatic heterocycles. The molecule has 0 saturated carbocycles. The summed E-state index contributed by atoms with van der Waals surface area (Å²) in [5.41, 5.74) is 1.12. The quantitative estimate of drug-likeness (QED) is 0.145. The van der Waals surface area contributed by atoms with Crippen molar-refractivity contribution < 1.29 is 41.0 Å². The summed E-state index contributed by atoms with van der Waals surface area (Å²) < 4.78 is 84.0. The predicted molar refractivity (Wildman–Crippen MR) is 164 cm³/mol. The van der Waals surface area contributed by atoms with Crippen LogP contribution in [0.15, 0.2) is 59.8 Å². The van der Waals surface area contributed by atoms with Crippen LogP contribution in [-0.4, -0.2) is 46.3 Å². The SMILES string of the molecule is CC(C)S(=O)(=O)c1c(Oc2ccc(F)c(-c3nc([C@]4(C)CCOc5c(CCC(=O)O)cccc54)c[nH]3)c2)c(F)c(F)c2[nH]ccc12. The molecular formula is C33H30F3N3O6S. The van der Waals surface area contributed by atoms with Crippen LogP contribution in [0.4, 0.5) is 13.2 Å². The molecule has 46 heavy (non-hydrogen) atoms. The second-order valence-electron chi connectivity index (χ2n) is 11.6. The van der Waals surface area contributed by atoms with Crippen LogP contribution >= 0.6 is 0 Å². The van der Waals surface area contributed by atoms with E-state index in [2.05, 4.69) is 9.97 Å². The maximum Gasteiger partial charge on any atom is 0.303 e. The van der Waals surface area contributed by atoms with Gasteiger partial charge in [0.05, 0.1) is 28.6 Å². The number of nitrogens with one attached hydrogen (secondary N) is 2. The second kappa shape index (κ2) is 11.5. The molecule has 1 atom stereocenters. The van der Waals surface area contributed by atoms with E-state index >= 15 is 13.2 Å². The summed E-state index contributed by atoms with van der Waals surface area (Å²) in [4.78, 5) is 20.9. The fourth-order valence-corrected chi connectivity index (χ4v) is 7.11. The van der Waals surface area contributed by atoms with Gasteiger partial charge in [0, 0.05) is 35.2 Å². The Bertz CT molecular complexity index is 2110. The summed E-state index contributed by atoms with van der Waals surface area (Å²) in [7, 11) is -4.17. The van der Waals surface area contributed by atoms with E-state index in [4.69, 9.17) is 19.6 Å². The van der Waals surface area contributed by atoms with Gasteiger partial charge in [0.2, 0.25) is 5.82 Å². The fraction of sp³-hybridized carbons (Fsp3) is 0.273. The van der Waals surface area contributed by atoms with Crippen LogP contribution in [0, 0.1) is 17.5 Å². The molecule has 0 saturated heterocycles. The van der Waals surface area contributed by atoms with Crippen molar-refractivity contribution in [1.29, 1.82) is 0 Å². The molecule has 9 nitrogen and oxygen atoms in total. The highest BCUT2D eigenvalue weighted by atomic mass is 32.2. The zero-order valence-electron chi connectivity index (χ0n) is 25.1. The fourth-order valence-electron chi connectivity index (χ4n) is 5.78. The van der Waals surface area contributed by atoms with Crippen molar-refractivity contribution in [3.05, 3.63) is 89.1 Å². The number of benzene rings is 3. The van der Waals surface area contributed by atoms with Gasteiger partial charge < -0.3 is 24.5 Å². The number of halogens is 3. The Labute approximate surface area is 262 Å². The number of aromatic nitrogens is 3. The summed E-state index contributed by atoms with van der Waals surface area (Å²) in [6.07, 6.45) is 3.72. The van der Waals surface area contributed by atoms with Crippen molar-refractivity contribution in [2.75, 3.05) is 6.61 Å². The number of aryl methyl sites for hydroxylation is 1. The van der Waals surface area contributed by atoms with Crippen molar-refractivity contribution in [2.45, 2.75) is 55.6 Å². The molecule has 13 heteroatoms. The maximum atomic E-state index is 15.4. The molecule has 0 spiro atoms. The van der Waals surface area contributed by atoms with Crippen LogP contribution in [0.1, 0.15) is 50.4 Å². The number of aliphatic carboxylic acids is 1. The predicted octanol–water partition coefficient (Wildman–Crippen LogP) is 7.06. The van der Waals surface area contributed by atoms with Crippen molar-refractivity contribution >= 4 is 26.7 Å². The largest absolute Gasteiger partial charge is 0.493 e. The standard InChI is InChI=1S/C33H30F3N3O6S/c1-17(2)46(42,43)31-20-11-13-37-28(20)26(35)27(36)30(31)45-19-8-9-23(34)21(15-19)32-38-16-24(39-32)33(3)12-14-44-29-18(7-10-25(40)41)5-4-6-22(29)33/h4-6,8-9,11,13,15-17,37H,7,10,12,14H2,1-3H3,(H,38,39)(H,40,41)/t33-/m1/s1. The molecule has 5 aromatic rings. The summed E-state index contributed by atoms with van der Waals surface area (Å²) in [6, 6.07) is 10.3. The lowest BCUT2D eigenvalue weighted by Crippen LogP contribution is -2.32.